The van der Waals surface area contributed by atoms with E-state index in [1.165, 1.54) is 36.5 Å². The maximum atomic E-state index is 13.0. The molecule has 1 N–H and O–H groups in total. The molecule has 0 radical (unpaired) electrons. The van der Waals surface area contributed by atoms with Gasteiger partial charge in [0.05, 0.1) is 18.7 Å². The number of esters is 1. The highest BCUT2D eigenvalue weighted by molar-refractivity contribution is 7.89. The van der Waals surface area contributed by atoms with Gasteiger partial charge >= 0.3 is 5.97 Å². The van der Waals surface area contributed by atoms with Gasteiger partial charge in [-0.15, -0.1) is 0 Å². The summed E-state index contributed by atoms with van der Waals surface area (Å²) in [6, 6.07) is 12.4. The molecule has 1 amide bonds. The van der Waals surface area contributed by atoms with E-state index in [1.54, 1.807) is 0 Å². The van der Waals surface area contributed by atoms with Crippen LogP contribution in [0.15, 0.2) is 53.4 Å². The molecule has 182 valence electrons. The first-order valence-electron chi connectivity index (χ1n) is 10.9. The van der Waals surface area contributed by atoms with Crippen LogP contribution in [0.4, 0.5) is 0 Å². The number of ketones is 1. The van der Waals surface area contributed by atoms with Gasteiger partial charge in [0.1, 0.15) is 10.6 Å². The van der Waals surface area contributed by atoms with Crippen LogP contribution in [0.25, 0.3) is 0 Å². The van der Waals surface area contributed by atoms with E-state index in [-0.39, 0.29) is 22.0 Å². The van der Waals surface area contributed by atoms with E-state index in [4.69, 9.17) is 9.47 Å². The van der Waals surface area contributed by atoms with Crippen molar-refractivity contribution in [2.45, 2.75) is 37.1 Å². The maximum absolute atomic E-state index is 13.0. The molecule has 3 rings (SSSR count). The SMILES string of the molecule is COc1ccc(C(=O)OCC(=O)NC(Cc2ccccc2)C(C)=O)cc1S(=O)(=O)N1CCCC1. The van der Waals surface area contributed by atoms with Crippen molar-refractivity contribution in [3.63, 3.8) is 0 Å². The summed E-state index contributed by atoms with van der Waals surface area (Å²) in [5, 5.41) is 2.57. The fraction of sp³-hybridized carbons (Fsp3) is 0.375. The van der Waals surface area contributed by atoms with Gasteiger partial charge in [-0.2, -0.15) is 4.31 Å². The van der Waals surface area contributed by atoms with Gasteiger partial charge < -0.3 is 14.8 Å². The number of carbonyl (C=O) groups excluding carboxylic acids is 3. The molecule has 0 aliphatic carbocycles. The normalized spacial score (nSPS) is 14.9. The Morgan fingerprint density at radius 2 is 1.74 bits per heavy atom. The quantitative estimate of drug-likeness (QED) is 0.508. The van der Waals surface area contributed by atoms with Crippen LogP contribution in [0, 0.1) is 0 Å². The number of rotatable bonds is 10. The first-order valence-corrected chi connectivity index (χ1v) is 12.4. The molecule has 10 heteroatoms. The molecular weight excluding hydrogens is 460 g/mol. The molecule has 2 aromatic rings. The Bertz CT molecular complexity index is 1140. The van der Waals surface area contributed by atoms with Gasteiger partial charge in [-0.05, 0) is 49.9 Å². The third kappa shape index (κ3) is 6.21. The van der Waals surface area contributed by atoms with E-state index in [0.29, 0.717) is 19.5 Å². The predicted molar refractivity (Wildman–Crippen MR) is 124 cm³/mol. The number of benzene rings is 2. The van der Waals surface area contributed by atoms with Crippen molar-refractivity contribution in [2.24, 2.45) is 0 Å². The maximum Gasteiger partial charge on any atom is 0.338 e. The zero-order chi connectivity index (χ0) is 24.7. The van der Waals surface area contributed by atoms with Crippen LogP contribution in [0.5, 0.6) is 5.75 Å². The lowest BCUT2D eigenvalue weighted by molar-refractivity contribution is -0.128. The minimum Gasteiger partial charge on any atom is -0.495 e. The fourth-order valence-corrected chi connectivity index (χ4v) is 5.37. The summed E-state index contributed by atoms with van der Waals surface area (Å²) in [5.41, 5.74) is 0.851. The predicted octanol–water partition coefficient (Wildman–Crippen LogP) is 1.95. The largest absolute Gasteiger partial charge is 0.495 e. The molecule has 1 unspecified atom stereocenters. The highest BCUT2D eigenvalue weighted by atomic mass is 32.2. The van der Waals surface area contributed by atoms with Crippen LogP contribution >= 0.6 is 0 Å². The Labute approximate surface area is 199 Å². The van der Waals surface area contributed by atoms with Crippen molar-refractivity contribution in [1.82, 2.24) is 9.62 Å². The van der Waals surface area contributed by atoms with Crippen molar-refractivity contribution in [3.05, 3.63) is 59.7 Å². The number of amides is 1. The monoisotopic (exact) mass is 488 g/mol. The molecule has 1 heterocycles. The number of methoxy groups -OCH3 is 1. The van der Waals surface area contributed by atoms with E-state index in [9.17, 15) is 22.8 Å². The number of hydrogen-bond acceptors (Lipinski definition) is 7. The van der Waals surface area contributed by atoms with Gasteiger partial charge in [-0.1, -0.05) is 30.3 Å². The second kappa shape index (κ2) is 11.3. The first-order chi connectivity index (χ1) is 16.2. The van der Waals surface area contributed by atoms with E-state index in [1.807, 2.05) is 30.3 Å². The molecule has 2 aromatic carbocycles. The summed E-state index contributed by atoms with van der Waals surface area (Å²) in [7, 11) is -2.49. The summed E-state index contributed by atoms with van der Waals surface area (Å²) >= 11 is 0. The summed E-state index contributed by atoms with van der Waals surface area (Å²) < 4.78 is 37.6. The summed E-state index contributed by atoms with van der Waals surface area (Å²) in [6.45, 7) is 1.57. The Kier molecular flexibility index (Phi) is 8.41. The summed E-state index contributed by atoms with van der Waals surface area (Å²) in [6.07, 6.45) is 1.85. The van der Waals surface area contributed by atoms with Gasteiger partial charge in [-0.25, -0.2) is 13.2 Å². The van der Waals surface area contributed by atoms with Crippen LogP contribution < -0.4 is 10.1 Å². The number of nitrogens with zero attached hydrogens (tertiary/aromatic N) is 1. The summed E-state index contributed by atoms with van der Waals surface area (Å²) in [4.78, 5) is 36.7. The Balaban J connectivity index is 1.66. The lowest BCUT2D eigenvalue weighted by Gasteiger charge is -2.18. The molecule has 34 heavy (non-hydrogen) atoms. The van der Waals surface area contributed by atoms with Crippen LogP contribution in [0.2, 0.25) is 0 Å². The van der Waals surface area contributed by atoms with E-state index >= 15 is 0 Å². The Morgan fingerprint density at radius 1 is 1.06 bits per heavy atom. The zero-order valence-corrected chi connectivity index (χ0v) is 20.0. The summed E-state index contributed by atoms with van der Waals surface area (Å²) in [5.74, 6) is -1.61. The average Bonchev–Trinajstić information content (AvgIpc) is 3.38. The van der Waals surface area contributed by atoms with Gasteiger partial charge in [-0.3, -0.25) is 9.59 Å². The molecule has 0 bridgehead atoms. The molecule has 0 spiro atoms. The number of nitrogens with one attached hydrogen (secondary N) is 1. The molecule has 1 aliphatic heterocycles. The van der Waals surface area contributed by atoms with Gasteiger partial charge in [0.25, 0.3) is 5.91 Å². The Hall–Kier alpha value is -3.24. The highest BCUT2D eigenvalue weighted by Crippen LogP contribution is 2.30. The standard InChI is InChI=1S/C24H28N2O7S/c1-17(27)20(14-18-8-4-3-5-9-18)25-23(28)16-33-24(29)19-10-11-21(32-2)22(15-19)34(30,31)26-12-6-7-13-26/h3-5,8-11,15,20H,6-7,12-14,16H2,1-2H3,(H,25,28). The molecular formula is C24H28N2O7S. The molecule has 0 aromatic heterocycles. The van der Waals surface area contributed by atoms with Crippen LogP contribution in [0.3, 0.4) is 0 Å². The number of Topliss-reactive ketones (excluding diaryl/α,β-unsaturated/α-hetero) is 1. The molecule has 1 aliphatic rings. The minimum absolute atomic E-state index is 0.0289. The van der Waals surface area contributed by atoms with Crippen molar-refractivity contribution in [1.29, 1.82) is 0 Å². The minimum atomic E-state index is -3.84. The number of sulfonamides is 1. The molecule has 1 saturated heterocycles. The smallest absolute Gasteiger partial charge is 0.338 e. The molecule has 9 nitrogen and oxygen atoms in total. The van der Waals surface area contributed by atoms with Crippen molar-refractivity contribution < 1.29 is 32.3 Å². The molecule has 1 atom stereocenters. The van der Waals surface area contributed by atoms with Gasteiger partial charge in [0, 0.05) is 13.1 Å². The number of hydrogen-bond donors (Lipinski definition) is 1. The van der Waals surface area contributed by atoms with Gasteiger partial charge in [0.2, 0.25) is 10.0 Å². The van der Waals surface area contributed by atoms with Crippen LogP contribution in [0.1, 0.15) is 35.7 Å². The first kappa shape index (κ1) is 25.4. The lowest BCUT2D eigenvalue weighted by Crippen LogP contribution is -2.43. The topological polar surface area (TPSA) is 119 Å². The van der Waals surface area contributed by atoms with Crippen LogP contribution in [-0.4, -0.2) is 63.2 Å². The van der Waals surface area contributed by atoms with Crippen molar-refractivity contribution in [2.75, 3.05) is 26.8 Å². The highest BCUT2D eigenvalue weighted by Gasteiger charge is 2.31. The van der Waals surface area contributed by atoms with Gasteiger partial charge in [0.15, 0.2) is 12.4 Å². The number of carbonyl (C=O) groups is 3. The second-order valence-corrected chi connectivity index (χ2v) is 9.88. The molecule has 1 fully saturated rings. The average molecular weight is 489 g/mol. The van der Waals surface area contributed by atoms with Crippen molar-refractivity contribution >= 4 is 27.7 Å². The van der Waals surface area contributed by atoms with Crippen molar-refractivity contribution in [3.8, 4) is 5.75 Å². The van der Waals surface area contributed by atoms with E-state index in [0.717, 1.165) is 18.4 Å². The lowest BCUT2D eigenvalue weighted by atomic mass is 10.0. The third-order valence-corrected chi connectivity index (χ3v) is 7.44. The fourth-order valence-electron chi connectivity index (χ4n) is 3.67. The second-order valence-electron chi connectivity index (χ2n) is 7.97. The Morgan fingerprint density at radius 3 is 2.35 bits per heavy atom. The zero-order valence-electron chi connectivity index (χ0n) is 19.2. The van der Waals surface area contributed by atoms with E-state index < -0.39 is 34.5 Å². The van der Waals surface area contributed by atoms with Crippen LogP contribution in [-0.2, 0) is 30.8 Å². The van der Waals surface area contributed by atoms with E-state index in [2.05, 4.69) is 5.32 Å². The number of ether oxygens (including phenoxy) is 2. The third-order valence-electron chi connectivity index (χ3n) is 5.53. The molecule has 0 saturated carbocycles.